The molecular formula is C9H17NO3. The highest BCUT2D eigenvalue weighted by molar-refractivity contribution is 5.75. The van der Waals surface area contributed by atoms with Crippen LogP contribution in [0.4, 0.5) is 0 Å². The third kappa shape index (κ3) is 2.67. The quantitative estimate of drug-likeness (QED) is 0.643. The Morgan fingerprint density at radius 3 is 2.69 bits per heavy atom. The van der Waals surface area contributed by atoms with Crippen LogP contribution in [0, 0.1) is 5.41 Å². The SMILES string of the molecule is CCOC(=O)C(N)CC1(C)COC1. The topological polar surface area (TPSA) is 61.5 Å². The van der Waals surface area contributed by atoms with Gasteiger partial charge in [0.1, 0.15) is 6.04 Å². The molecule has 0 aliphatic carbocycles. The lowest BCUT2D eigenvalue weighted by Gasteiger charge is -2.39. The highest BCUT2D eigenvalue weighted by Crippen LogP contribution is 2.31. The van der Waals surface area contributed by atoms with E-state index in [1.165, 1.54) is 0 Å². The average Bonchev–Trinajstić information content (AvgIpc) is 2.02. The summed E-state index contributed by atoms with van der Waals surface area (Å²) in [6, 6.07) is -0.506. The minimum absolute atomic E-state index is 0.0756. The van der Waals surface area contributed by atoms with E-state index >= 15 is 0 Å². The maximum atomic E-state index is 11.2. The standard InChI is InChI=1S/C9H17NO3/c1-3-13-8(11)7(10)4-9(2)5-12-6-9/h7H,3-6,10H2,1-2H3. The Kier molecular flexibility index (Phi) is 3.27. The van der Waals surface area contributed by atoms with Crippen LogP contribution in [0.3, 0.4) is 0 Å². The average molecular weight is 187 g/mol. The number of rotatable bonds is 4. The number of hydrogen-bond acceptors (Lipinski definition) is 4. The summed E-state index contributed by atoms with van der Waals surface area (Å²) in [6.45, 7) is 5.62. The second-order valence-electron chi connectivity index (χ2n) is 3.87. The summed E-state index contributed by atoms with van der Waals surface area (Å²) in [5.41, 5.74) is 5.74. The van der Waals surface area contributed by atoms with E-state index in [9.17, 15) is 4.79 Å². The summed E-state index contributed by atoms with van der Waals surface area (Å²) in [5, 5.41) is 0. The van der Waals surface area contributed by atoms with E-state index in [2.05, 4.69) is 6.92 Å². The van der Waals surface area contributed by atoms with Gasteiger partial charge in [0.2, 0.25) is 0 Å². The van der Waals surface area contributed by atoms with E-state index in [-0.39, 0.29) is 11.4 Å². The van der Waals surface area contributed by atoms with Gasteiger partial charge in [0, 0.05) is 5.41 Å². The Morgan fingerprint density at radius 2 is 2.31 bits per heavy atom. The van der Waals surface area contributed by atoms with Crippen LogP contribution in [0.25, 0.3) is 0 Å². The van der Waals surface area contributed by atoms with Gasteiger partial charge in [-0.25, -0.2) is 0 Å². The minimum atomic E-state index is -0.506. The van der Waals surface area contributed by atoms with Gasteiger partial charge < -0.3 is 15.2 Å². The van der Waals surface area contributed by atoms with Crippen molar-refractivity contribution in [2.75, 3.05) is 19.8 Å². The number of ether oxygens (including phenoxy) is 2. The summed E-state index contributed by atoms with van der Waals surface area (Å²) < 4.78 is 9.88. The van der Waals surface area contributed by atoms with E-state index in [1.807, 2.05) is 0 Å². The molecule has 1 saturated heterocycles. The predicted octanol–water partition coefficient (Wildman–Crippen LogP) is 0.303. The number of nitrogens with two attached hydrogens (primary N) is 1. The van der Waals surface area contributed by atoms with Crippen LogP contribution in [0.1, 0.15) is 20.3 Å². The molecule has 13 heavy (non-hydrogen) atoms. The van der Waals surface area contributed by atoms with Gasteiger partial charge in [0.25, 0.3) is 0 Å². The molecule has 1 atom stereocenters. The fourth-order valence-corrected chi connectivity index (χ4v) is 1.43. The highest BCUT2D eigenvalue weighted by atomic mass is 16.5. The van der Waals surface area contributed by atoms with Gasteiger partial charge in [-0.05, 0) is 13.3 Å². The van der Waals surface area contributed by atoms with Crippen LogP contribution >= 0.6 is 0 Å². The van der Waals surface area contributed by atoms with Crippen molar-refractivity contribution in [3.05, 3.63) is 0 Å². The Balaban J connectivity index is 2.31. The van der Waals surface area contributed by atoms with Gasteiger partial charge in [-0.15, -0.1) is 0 Å². The highest BCUT2D eigenvalue weighted by Gasteiger charge is 2.36. The molecule has 2 N–H and O–H groups in total. The Hall–Kier alpha value is -0.610. The fraction of sp³-hybridized carbons (Fsp3) is 0.889. The van der Waals surface area contributed by atoms with Crippen LogP contribution in [-0.4, -0.2) is 31.8 Å². The molecule has 0 radical (unpaired) electrons. The first kappa shape index (κ1) is 10.5. The van der Waals surface area contributed by atoms with Crippen LogP contribution in [0.5, 0.6) is 0 Å². The fourth-order valence-electron chi connectivity index (χ4n) is 1.43. The Labute approximate surface area is 78.4 Å². The molecule has 4 heteroatoms. The molecule has 1 heterocycles. The van der Waals surface area contributed by atoms with Crippen molar-refractivity contribution in [3.63, 3.8) is 0 Å². The van der Waals surface area contributed by atoms with Crippen molar-refractivity contribution in [2.24, 2.45) is 11.1 Å². The molecule has 0 aromatic heterocycles. The monoisotopic (exact) mass is 187 g/mol. The lowest BCUT2D eigenvalue weighted by atomic mass is 9.82. The summed E-state index contributed by atoms with van der Waals surface area (Å²) >= 11 is 0. The van der Waals surface area contributed by atoms with Crippen molar-refractivity contribution in [2.45, 2.75) is 26.3 Å². The molecule has 0 saturated carbocycles. The van der Waals surface area contributed by atoms with Gasteiger partial charge in [-0.1, -0.05) is 6.92 Å². The molecule has 1 fully saturated rings. The lowest BCUT2D eigenvalue weighted by molar-refractivity contribution is -0.150. The van der Waals surface area contributed by atoms with Gasteiger partial charge in [0.15, 0.2) is 0 Å². The molecule has 0 bridgehead atoms. The molecule has 1 unspecified atom stereocenters. The predicted molar refractivity (Wildman–Crippen MR) is 48.2 cm³/mol. The zero-order chi connectivity index (χ0) is 9.90. The van der Waals surface area contributed by atoms with Crippen LogP contribution < -0.4 is 5.73 Å². The van der Waals surface area contributed by atoms with Crippen molar-refractivity contribution in [1.82, 2.24) is 0 Å². The van der Waals surface area contributed by atoms with E-state index in [4.69, 9.17) is 15.2 Å². The number of carbonyl (C=O) groups excluding carboxylic acids is 1. The Morgan fingerprint density at radius 1 is 1.69 bits per heavy atom. The summed E-state index contributed by atoms with van der Waals surface area (Å²) in [4.78, 5) is 11.2. The zero-order valence-electron chi connectivity index (χ0n) is 8.21. The Bertz CT molecular complexity index is 189. The molecule has 0 amide bonds. The van der Waals surface area contributed by atoms with Crippen molar-refractivity contribution in [1.29, 1.82) is 0 Å². The minimum Gasteiger partial charge on any atom is -0.465 e. The molecular weight excluding hydrogens is 170 g/mol. The van der Waals surface area contributed by atoms with Crippen LogP contribution in [0.2, 0.25) is 0 Å². The van der Waals surface area contributed by atoms with E-state index in [1.54, 1.807) is 6.92 Å². The third-order valence-corrected chi connectivity index (χ3v) is 2.20. The molecule has 76 valence electrons. The number of hydrogen-bond donors (Lipinski definition) is 1. The van der Waals surface area contributed by atoms with Crippen LogP contribution in [0.15, 0.2) is 0 Å². The molecule has 0 aromatic carbocycles. The van der Waals surface area contributed by atoms with Crippen LogP contribution in [-0.2, 0) is 14.3 Å². The number of carbonyl (C=O) groups is 1. The molecule has 1 rings (SSSR count). The van der Waals surface area contributed by atoms with E-state index in [0.717, 1.165) is 0 Å². The molecule has 1 aliphatic heterocycles. The second kappa shape index (κ2) is 4.07. The molecule has 1 aliphatic rings. The van der Waals surface area contributed by atoms with E-state index in [0.29, 0.717) is 26.2 Å². The molecule has 0 aromatic rings. The summed E-state index contributed by atoms with van der Waals surface area (Å²) in [6.07, 6.45) is 0.645. The summed E-state index contributed by atoms with van der Waals surface area (Å²) in [7, 11) is 0. The normalized spacial score (nSPS) is 21.8. The first-order chi connectivity index (χ1) is 6.07. The van der Waals surface area contributed by atoms with Crippen molar-refractivity contribution >= 4 is 5.97 Å². The summed E-state index contributed by atoms with van der Waals surface area (Å²) in [5.74, 6) is -0.310. The first-order valence-corrected chi connectivity index (χ1v) is 4.57. The maximum absolute atomic E-state index is 11.2. The van der Waals surface area contributed by atoms with Gasteiger partial charge in [0.05, 0.1) is 19.8 Å². The first-order valence-electron chi connectivity index (χ1n) is 4.57. The maximum Gasteiger partial charge on any atom is 0.322 e. The van der Waals surface area contributed by atoms with Crippen molar-refractivity contribution in [3.8, 4) is 0 Å². The number of esters is 1. The second-order valence-corrected chi connectivity index (χ2v) is 3.87. The van der Waals surface area contributed by atoms with Gasteiger partial charge in [-0.2, -0.15) is 0 Å². The smallest absolute Gasteiger partial charge is 0.322 e. The lowest BCUT2D eigenvalue weighted by Crippen LogP contribution is -2.46. The third-order valence-electron chi connectivity index (χ3n) is 2.20. The van der Waals surface area contributed by atoms with Gasteiger partial charge >= 0.3 is 5.97 Å². The molecule has 0 spiro atoms. The largest absolute Gasteiger partial charge is 0.465 e. The molecule has 4 nitrogen and oxygen atoms in total. The van der Waals surface area contributed by atoms with E-state index < -0.39 is 6.04 Å². The van der Waals surface area contributed by atoms with Crippen molar-refractivity contribution < 1.29 is 14.3 Å². The zero-order valence-corrected chi connectivity index (χ0v) is 8.21. The van der Waals surface area contributed by atoms with Gasteiger partial charge in [-0.3, -0.25) is 4.79 Å².